The number of nitrogens with zero attached hydrogens (tertiary/aromatic N) is 1. The molecule has 1 heterocycles. The van der Waals surface area contributed by atoms with Gasteiger partial charge in [0.05, 0.1) is 6.61 Å². The van der Waals surface area contributed by atoms with E-state index in [0.29, 0.717) is 11.1 Å². The fourth-order valence-corrected chi connectivity index (χ4v) is 1.86. The van der Waals surface area contributed by atoms with Crippen LogP contribution in [0.25, 0.3) is 0 Å². The molecule has 0 saturated heterocycles. The van der Waals surface area contributed by atoms with Crippen LogP contribution in [0.15, 0.2) is 18.3 Å². The van der Waals surface area contributed by atoms with Crippen molar-refractivity contribution in [1.29, 1.82) is 0 Å². The number of pyridine rings is 1. The molecule has 13 heavy (non-hydrogen) atoms. The number of hydrogen-bond acceptors (Lipinski definition) is 2. The zero-order chi connectivity index (χ0) is 9.26. The van der Waals surface area contributed by atoms with Gasteiger partial charge >= 0.3 is 0 Å². The Morgan fingerprint density at radius 3 is 2.92 bits per heavy atom. The summed E-state index contributed by atoms with van der Waals surface area (Å²) in [5.74, 6) is 0.920. The molecule has 2 nitrogen and oxygen atoms in total. The van der Waals surface area contributed by atoms with Crippen molar-refractivity contribution in [2.24, 2.45) is 5.92 Å². The normalized spacial score (nSPS) is 18.6. The molecule has 0 spiro atoms. The van der Waals surface area contributed by atoms with E-state index in [9.17, 15) is 5.11 Å². The first-order valence-corrected chi connectivity index (χ1v) is 4.91. The molecule has 3 heteroatoms. The summed E-state index contributed by atoms with van der Waals surface area (Å²) in [6.07, 6.45) is 4.15. The maximum Gasteiger partial charge on any atom is 0.129 e. The van der Waals surface area contributed by atoms with E-state index in [1.165, 1.54) is 12.8 Å². The van der Waals surface area contributed by atoms with Crippen LogP contribution in [0.3, 0.4) is 0 Å². The Labute approximate surface area is 82.6 Å². The molecule has 0 aliphatic heterocycles. The van der Waals surface area contributed by atoms with Crippen molar-refractivity contribution < 1.29 is 5.11 Å². The number of aromatic nitrogens is 1. The molecule has 1 aromatic heterocycles. The highest BCUT2D eigenvalue weighted by Crippen LogP contribution is 2.42. The van der Waals surface area contributed by atoms with E-state index >= 15 is 0 Å². The lowest BCUT2D eigenvalue weighted by molar-refractivity contribution is 0.253. The Hall–Kier alpha value is -0.600. The van der Waals surface area contributed by atoms with Gasteiger partial charge in [-0.25, -0.2) is 4.98 Å². The zero-order valence-electron chi connectivity index (χ0n) is 7.28. The van der Waals surface area contributed by atoms with Gasteiger partial charge in [-0.15, -0.1) is 0 Å². The molecule has 1 unspecified atom stereocenters. The molecule has 1 saturated carbocycles. The third kappa shape index (κ3) is 2.01. The van der Waals surface area contributed by atoms with E-state index in [1.54, 1.807) is 6.20 Å². The minimum atomic E-state index is 0.213. The quantitative estimate of drug-likeness (QED) is 0.754. The van der Waals surface area contributed by atoms with E-state index in [2.05, 4.69) is 4.98 Å². The number of aliphatic hydroxyl groups is 1. The Morgan fingerprint density at radius 2 is 2.38 bits per heavy atom. The standard InChI is InChI=1S/C10H12ClNO/c11-10-5-8(3-4-12-10)9(6-13)7-1-2-7/h3-5,7,9,13H,1-2,6H2. The maximum absolute atomic E-state index is 9.22. The summed E-state index contributed by atoms with van der Waals surface area (Å²) in [5.41, 5.74) is 1.12. The smallest absolute Gasteiger partial charge is 0.129 e. The average molecular weight is 198 g/mol. The van der Waals surface area contributed by atoms with Crippen molar-refractivity contribution in [2.75, 3.05) is 6.61 Å². The summed E-state index contributed by atoms with van der Waals surface area (Å²) in [5, 5.41) is 9.73. The highest BCUT2D eigenvalue weighted by atomic mass is 35.5. The third-order valence-electron chi connectivity index (χ3n) is 2.57. The van der Waals surface area contributed by atoms with Gasteiger partial charge in [-0.3, -0.25) is 0 Å². The summed E-state index contributed by atoms with van der Waals surface area (Å²) in [6, 6.07) is 3.78. The second-order valence-electron chi connectivity index (χ2n) is 3.54. The summed E-state index contributed by atoms with van der Waals surface area (Å²) >= 11 is 5.78. The lowest BCUT2D eigenvalue weighted by Gasteiger charge is -2.12. The largest absolute Gasteiger partial charge is 0.396 e. The second-order valence-corrected chi connectivity index (χ2v) is 3.93. The van der Waals surface area contributed by atoms with Gasteiger partial charge in [-0.05, 0) is 36.5 Å². The van der Waals surface area contributed by atoms with Crippen LogP contribution in [-0.2, 0) is 0 Å². The molecule has 1 atom stereocenters. The van der Waals surface area contributed by atoms with E-state index in [1.807, 2.05) is 12.1 Å². The van der Waals surface area contributed by atoms with Crippen LogP contribution in [-0.4, -0.2) is 16.7 Å². The van der Waals surface area contributed by atoms with E-state index in [4.69, 9.17) is 11.6 Å². The van der Waals surface area contributed by atoms with Crippen LogP contribution in [0.4, 0.5) is 0 Å². The molecule has 1 aliphatic carbocycles. The van der Waals surface area contributed by atoms with Crippen LogP contribution in [0.5, 0.6) is 0 Å². The van der Waals surface area contributed by atoms with Crippen molar-refractivity contribution in [3.63, 3.8) is 0 Å². The molecule has 0 aromatic carbocycles. The maximum atomic E-state index is 9.22. The lowest BCUT2D eigenvalue weighted by atomic mass is 9.96. The van der Waals surface area contributed by atoms with Gasteiger partial charge in [0.1, 0.15) is 5.15 Å². The van der Waals surface area contributed by atoms with Crippen LogP contribution in [0.1, 0.15) is 24.3 Å². The molecule has 2 rings (SSSR count). The number of halogens is 1. The Kier molecular flexibility index (Phi) is 2.51. The minimum Gasteiger partial charge on any atom is -0.396 e. The molecular formula is C10H12ClNO. The van der Waals surface area contributed by atoms with Crippen LogP contribution in [0.2, 0.25) is 5.15 Å². The molecule has 0 radical (unpaired) electrons. The summed E-state index contributed by atoms with van der Waals surface area (Å²) < 4.78 is 0. The van der Waals surface area contributed by atoms with Crippen molar-refractivity contribution in [2.45, 2.75) is 18.8 Å². The van der Waals surface area contributed by atoms with Crippen molar-refractivity contribution >= 4 is 11.6 Å². The van der Waals surface area contributed by atoms with Crippen LogP contribution < -0.4 is 0 Å². The van der Waals surface area contributed by atoms with E-state index in [-0.39, 0.29) is 12.5 Å². The molecule has 70 valence electrons. The van der Waals surface area contributed by atoms with Gasteiger partial charge in [0, 0.05) is 12.1 Å². The third-order valence-corrected chi connectivity index (χ3v) is 2.77. The van der Waals surface area contributed by atoms with Gasteiger partial charge in [-0.1, -0.05) is 11.6 Å². The molecule has 0 bridgehead atoms. The topological polar surface area (TPSA) is 33.1 Å². The van der Waals surface area contributed by atoms with E-state index < -0.39 is 0 Å². The molecule has 1 fully saturated rings. The molecule has 1 aliphatic rings. The molecular weight excluding hydrogens is 186 g/mol. The van der Waals surface area contributed by atoms with Gasteiger partial charge < -0.3 is 5.11 Å². The van der Waals surface area contributed by atoms with E-state index in [0.717, 1.165) is 5.56 Å². The van der Waals surface area contributed by atoms with Crippen LogP contribution in [0, 0.1) is 5.92 Å². The predicted molar refractivity (Wildman–Crippen MR) is 51.8 cm³/mol. The fourth-order valence-electron chi connectivity index (χ4n) is 1.67. The Balaban J connectivity index is 2.21. The minimum absolute atomic E-state index is 0.213. The Morgan fingerprint density at radius 1 is 1.62 bits per heavy atom. The summed E-state index contributed by atoms with van der Waals surface area (Å²) in [7, 11) is 0. The first-order chi connectivity index (χ1) is 6.31. The van der Waals surface area contributed by atoms with Crippen LogP contribution >= 0.6 is 11.6 Å². The van der Waals surface area contributed by atoms with Crippen molar-refractivity contribution in [3.05, 3.63) is 29.0 Å². The summed E-state index contributed by atoms with van der Waals surface area (Å²) in [4.78, 5) is 3.92. The number of rotatable bonds is 3. The van der Waals surface area contributed by atoms with Gasteiger partial charge in [-0.2, -0.15) is 0 Å². The van der Waals surface area contributed by atoms with Crippen molar-refractivity contribution in [1.82, 2.24) is 4.98 Å². The number of aliphatic hydroxyl groups excluding tert-OH is 1. The van der Waals surface area contributed by atoms with Gasteiger partial charge in [0.15, 0.2) is 0 Å². The van der Waals surface area contributed by atoms with Crippen molar-refractivity contribution in [3.8, 4) is 0 Å². The SMILES string of the molecule is OCC(c1ccnc(Cl)c1)C1CC1. The second kappa shape index (κ2) is 3.64. The first-order valence-electron chi connectivity index (χ1n) is 4.53. The Bertz CT molecular complexity index is 299. The molecule has 0 amide bonds. The number of hydrogen-bond donors (Lipinski definition) is 1. The van der Waals surface area contributed by atoms with Gasteiger partial charge in [0.2, 0.25) is 0 Å². The predicted octanol–water partition coefficient (Wildman–Crippen LogP) is 2.22. The highest BCUT2D eigenvalue weighted by Gasteiger charge is 2.31. The molecule has 1 N–H and O–H groups in total. The summed E-state index contributed by atoms with van der Waals surface area (Å²) in [6.45, 7) is 0.213. The van der Waals surface area contributed by atoms with Gasteiger partial charge in [0.25, 0.3) is 0 Å². The zero-order valence-corrected chi connectivity index (χ0v) is 8.04. The monoisotopic (exact) mass is 197 g/mol. The average Bonchev–Trinajstić information content (AvgIpc) is 2.90. The molecule has 1 aromatic rings. The fraction of sp³-hybridized carbons (Fsp3) is 0.500. The lowest BCUT2D eigenvalue weighted by Crippen LogP contribution is -2.06. The first kappa shape index (κ1) is 8.97. The highest BCUT2D eigenvalue weighted by molar-refractivity contribution is 6.29.